The van der Waals surface area contributed by atoms with Gasteiger partial charge in [-0.2, -0.15) is 13.2 Å². The Morgan fingerprint density at radius 2 is 1.57 bits per heavy atom. The summed E-state index contributed by atoms with van der Waals surface area (Å²) in [6.45, 7) is 0.865. The van der Waals surface area contributed by atoms with Gasteiger partial charge in [0, 0.05) is 19.8 Å². The number of halogens is 3. The van der Waals surface area contributed by atoms with Gasteiger partial charge in [-0.05, 0) is 32.6 Å². The first kappa shape index (κ1) is 18.0. The van der Waals surface area contributed by atoms with E-state index in [-0.39, 0.29) is 0 Å². The molecule has 0 saturated carbocycles. The van der Waals surface area contributed by atoms with Gasteiger partial charge in [-0.3, -0.25) is 9.59 Å². The average molecular weight is 338 g/mol. The van der Waals surface area contributed by atoms with Crippen LogP contribution in [0.5, 0.6) is 0 Å². The van der Waals surface area contributed by atoms with Crippen LogP contribution < -0.4 is 10.6 Å². The van der Waals surface area contributed by atoms with Crippen molar-refractivity contribution < 1.29 is 32.2 Å². The first-order chi connectivity index (χ1) is 10.7. The molecule has 2 saturated heterocycles. The van der Waals surface area contributed by atoms with Gasteiger partial charge < -0.3 is 20.1 Å². The quantitative estimate of drug-likeness (QED) is 0.781. The van der Waals surface area contributed by atoms with Gasteiger partial charge in [-0.15, -0.1) is 0 Å². The Morgan fingerprint density at radius 1 is 1.04 bits per heavy atom. The zero-order valence-electron chi connectivity index (χ0n) is 12.9. The van der Waals surface area contributed by atoms with Crippen LogP contribution in [-0.4, -0.2) is 55.5 Å². The molecule has 9 heteroatoms. The van der Waals surface area contributed by atoms with Crippen LogP contribution in [0.15, 0.2) is 0 Å². The summed E-state index contributed by atoms with van der Waals surface area (Å²) in [5.41, 5.74) is -2.57. The van der Waals surface area contributed by atoms with E-state index in [1.54, 1.807) is 0 Å². The second-order valence-corrected chi connectivity index (χ2v) is 6.04. The molecule has 23 heavy (non-hydrogen) atoms. The van der Waals surface area contributed by atoms with Crippen LogP contribution in [0.4, 0.5) is 13.2 Å². The zero-order valence-corrected chi connectivity index (χ0v) is 12.9. The van der Waals surface area contributed by atoms with E-state index in [1.807, 2.05) is 5.32 Å². The van der Waals surface area contributed by atoms with Crippen molar-refractivity contribution in [2.45, 2.75) is 56.5 Å². The summed E-state index contributed by atoms with van der Waals surface area (Å²) in [5.74, 6) is -1.40. The molecule has 3 atom stereocenters. The third-order valence-corrected chi connectivity index (χ3v) is 4.09. The van der Waals surface area contributed by atoms with E-state index in [2.05, 4.69) is 5.32 Å². The SMILES string of the molecule is C[C@](CNC(=O)[C@H]1CCCO1)(NC(=O)[C@@H]1CCCO1)C(F)(F)F. The van der Waals surface area contributed by atoms with E-state index in [9.17, 15) is 22.8 Å². The van der Waals surface area contributed by atoms with Gasteiger partial charge in [-0.1, -0.05) is 0 Å². The first-order valence-corrected chi connectivity index (χ1v) is 7.62. The highest BCUT2D eigenvalue weighted by molar-refractivity contribution is 5.83. The second-order valence-electron chi connectivity index (χ2n) is 6.04. The highest BCUT2D eigenvalue weighted by Crippen LogP contribution is 2.30. The third-order valence-electron chi connectivity index (χ3n) is 4.09. The summed E-state index contributed by atoms with van der Waals surface area (Å²) in [5, 5.41) is 4.20. The molecule has 0 aromatic rings. The Labute approximate surface area is 132 Å². The number of amides is 2. The lowest BCUT2D eigenvalue weighted by Gasteiger charge is -2.34. The molecule has 0 bridgehead atoms. The maximum absolute atomic E-state index is 13.3. The van der Waals surface area contributed by atoms with E-state index in [0.717, 1.165) is 6.92 Å². The Kier molecular flexibility index (Phi) is 5.51. The summed E-state index contributed by atoms with van der Waals surface area (Å²) in [6, 6.07) is 0. The molecule has 0 aromatic carbocycles. The number of alkyl halides is 3. The average Bonchev–Trinajstić information content (AvgIpc) is 3.15. The molecular weight excluding hydrogens is 317 g/mol. The van der Waals surface area contributed by atoms with Crippen molar-refractivity contribution in [3.05, 3.63) is 0 Å². The molecule has 2 aliphatic rings. The third kappa shape index (κ3) is 4.35. The second kappa shape index (κ2) is 7.04. The summed E-state index contributed by atoms with van der Waals surface area (Å²) in [7, 11) is 0. The van der Waals surface area contributed by atoms with Crippen molar-refractivity contribution in [2.75, 3.05) is 19.8 Å². The summed E-state index contributed by atoms with van der Waals surface area (Å²) < 4.78 is 50.2. The highest BCUT2D eigenvalue weighted by Gasteiger charge is 2.53. The largest absolute Gasteiger partial charge is 0.412 e. The number of carbonyl (C=O) groups is 2. The molecule has 2 aliphatic heterocycles. The van der Waals surface area contributed by atoms with E-state index >= 15 is 0 Å². The van der Waals surface area contributed by atoms with Crippen LogP contribution in [0.3, 0.4) is 0 Å². The fourth-order valence-electron chi connectivity index (χ4n) is 2.51. The molecular formula is C14H21F3N2O4. The van der Waals surface area contributed by atoms with Crippen molar-refractivity contribution in [3.8, 4) is 0 Å². The lowest BCUT2D eigenvalue weighted by atomic mass is 10.0. The molecule has 2 N–H and O–H groups in total. The van der Waals surface area contributed by atoms with E-state index in [1.165, 1.54) is 0 Å². The minimum absolute atomic E-state index is 0.358. The van der Waals surface area contributed by atoms with Gasteiger partial charge in [0.05, 0.1) is 0 Å². The Hall–Kier alpha value is -1.35. The number of carbonyl (C=O) groups excluding carboxylic acids is 2. The number of nitrogens with one attached hydrogen (secondary N) is 2. The highest BCUT2D eigenvalue weighted by atomic mass is 19.4. The standard InChI is InChI=1S/C14H21F3N2O4/c1-13(14(15,16)17,19-12(21)10-5-3-7-23-10)8-18-11(20)9-4-2-6-22-9/h9-10H,2-8H2,1H3,(H,18,20)(H,19,21)/t9-,10+,13-/m1/s1. The molecule has 2 rings (SSSR count). The number of hydrogen-bond donors (Lipinski definition) is 2. The maximum Gasteiger partial charge on any atom is 0.412 e. The predicted octanol–water partition coefficient (Wildman–Crippen LogP) is 0.898. The molecule has 0 radical (unpaired) electrons. The maximum atomic E-state index is 13.3. The fourth-order valence-corrected chi connectivity index (χ4v) is 2.51. The Bertz CT molecular complexity index is 446. The summed E-state index contributed by atoms with van der Waals surface area (Å²) in [4.78, 5) is 23.8. The van der Waals surface area contributed by atoms with Crippen LogP contribution in [0.25, 0.3) is 0 Å². The van der Waals surface area contributed by atoms with Gasteiger partial charge in [0.25, 0.3) is 0 Å². The van der Waals surface area contributed by atoms with Crippen molar-refractivity contribution in [2.24, 2.45) is 0 Å². The number of rotatable bonds is 5. The van der Waals surface area contributed by atoms with Crippen LogP contribution >= 0.6 is 0 Å². The Balaban J connectivity index is 1.97. The summed E-state index contributed by atoms with van der Waals surface area (Å²) in [6.07, 6.45) is -4.10. The number of ether oxygens (including phenoxy) is 2. The van der Waals surface area contributed by atoms with Gasteiger partial charge in [0.1, 0.15) is 12.2 Å². The minimum Gasteiger partial charge on any atom is -0.368 e. The number of hydrogen-bond acceptors (Lipinski definition) is 4. The monoisotopic (exact) mass is 338 g/mol. The van der Waals surface area contributed by atoms with Gasteiger partial charge in [0.15, 0.2) is 5.54 Å². The molecule has 2 fully saturated rings. The summed E-state index contributed by atoms with van der Waals surface area (Å²) >= 11 is 0. The fraction of sp³-hybridized carbons (Fsp3) is 0.857. The molecule has 2 amide bonds. The molecule has 0 unspecified atom stereocenters. The van der Waals surface area contributed by atoms with Crippen LogP contribution in [0.2, 0.25) is 0 Å². The molecule has 0 spiro atoms. The normalized spacial score (nSPS) is 27.5. The lowest BCUT2D eigenvalue weighted by Crippen LogP contribution is -2.64. The molecule has 6 nitrogen and oxygen atoms in total. The van der Waals surface area contributed by atoms with Crippen molar-refractivity contribution >= 4 is 11.8 Å². The van der Waals surface area contributed by atoms with Crippen molar-refractivity contribution in [3.63, 3.8) is 0 Å². The molecule has 132 valence electrons. The predicted molar refractivity (Wildman–Crippen MR) is 73.6 cm³/mol. The lowest BCUT2D eigenvalue weighted by molar-refractivity contribution is -0.194. The van der Waals surface area contributed by atoms with Crippen molar-refractivity contribution in [1.29, 1.82) is 0 Å². The Morgan fingerprint density at radius 3 is 2.00 bits per heavy atom. The van der Waals surface area contributed by atoms with Gasteiger partial charge in [-0.25, -0.2) is 0 Å². The topological polar surface area (TPSA) is 76.7 Å². The van der Waals surface area contributed by atoms with Crippen LogP contribution in [0, 0.1) is 0 Å². The zero-order chi connectivity index (χ0) is 17.1. The molecule has 0 aliphatic carbocycles. The van der Waals surface area contributed by atoms with E-state index in [4.69, 9.17) is 9.47 Å². The van der Waals surface area contributed by atoms with E-state index < -0.39 is 42.3 Å². The van der Waals surface area contributed by atoms with Crippen LogP contribution in [-0.2, 0) is 19.1 Å². The van der Waals surface area contributed by atoms with Crippen LogP contribution in [0.1, 0.15) is 32.6 Å². The smallest absolute Gasteiger partial charge is 0.368 e. The van der Waals surface area contributed by atoms with E-state index in [0.29, 0.717) is 38.9 Å². The first-order valence-electron chi connectivity index (χ1n) is 7.62. The molecule has 0 aromatic heterocycles. The van der Waals surface area contributed by atoms with Crippen molar-refractivity contribution in [1.82, 2.24) is 10.6 Å². The minimum atomic E-state index is -4.72. The molecule has 2 heterocycles. The van der Waals surface area contributed by atoms with Gasteiger partial charge >= 0.3 is 6.18 Å². The van der Waals surface area contributed by atoms with Gasteiger partial charge in [0.2, 0.25) is 11.8 Å².